The molecule has 1 atom stereocenters. The largest absolute Gasteiger partial charge is 0.462 e. The van der Waals surface area contributed by atoms with E-state index < -0.39 is 6.10 Å². The van der Waals surface area contributed by atoms with Crippen LogP contribution in [0.4, 0.5) is 0 Å². The molecule has 0 amide bonds. The highest BCUT2D eigenvalue weighted by molar-refractivity contribution is 5.71. The first kappa shape index (κ1) is 77.5. The Morgan fingerprint density at radius 2 is 0.470 bits per heavy atom. The Bertz CT molecular complexity index is 1940. The summed E-state index contributed by atoms with van der Waals surface area (Å²) in [6, 6.07) is 0. The lowest BCUT2D eigenvalue weighted by atomic mass is 10.1. The highest BCUT2D eigenvalue weighted by Gasteiger charge is 2.19. The zero-order valence-corrected chi connectivity index (χ0v) is 53.1. The van der Waals surface area contributed by atoms with E-state index >= 15 is 0 Å². The quantitative estimate of drug-likeness (QED) is 0.0261. The second-order valence-corrected chi connectivity index (χ2v) is 21.3. The highest BCUT2D eigenvalue weighted by Crippen LogP contribution is 2.14. The summed E-state index contributed by atoms with van der Waals surface area (Å²) < 4.78 is 16.8. The van der Waals surface area contributed by atoms with Gasteiger partial charge >= 0.3 is 17.9 Å². The molecule has 0 rings (SSSR count). The summed E-state index contributed by atoms with van der Waals surface area (Å²) in [6.45, 7) is 6.34. The van der Waals surface area contributed by atoms with Crippen LogP contribution in [0.1, 0.15) is 265 Å². The number of hydrogen-bond acceptors (Lipinski definition) is 6. The van der Waals surface area contributed by atoms with Crippen LogP contribution in [0.2, 0.25) is 0 Å². The van der Waals surface area contributed by atoms with Gasteiger partial charge in [-0.3, -0.25) is 14.4 Å². The fourth-order valence-corrected chi connectivity index (χ4v) is 8.50. The van der Waals surface area contributed by atoms with Crippen LogP contribution in [-0.2, 0) is 28.6 Å². The molecule has 464 valence electrons. The Morgan fingerprint density at radius 1 is 0.253 bits per heavy atom. The van der Waals surface area contributed by atoms with Gasteiger partial charge in [-0.15, -0.1) is 0 Å². The molecule has 0 saturated heterocycles. The Hall–Kier alpha value is -5.49. The molecule has 0 aromatic heterocycles. The standard InChI is InChI=1S/C77H120O6/c1-4-7-10-13-16-19-21-23-25-27-29-31-32-33-34-35-36-37-38-39-40-41-42-43-44-46-47-49-51-53-55-58-61-64-67-70-76(79)82-73-74(72-81-75(78)69-66-63-60-57-18-15-12-9-6-3)83-77(80)71-68-65-62-59-56-54-52-50-48-45-30-28-26-24-22-20-17-14-11-8-5-2/h7-8,10-11,16-17,19-20,23-26,29-31,33-34,36-37,39-40,42-43,45-47,50,52,56,59,74H,4-6,9,12-15,18,21-22,27-28,32,35,38,41,44,48-49,51,53-55,57-58,60-73H2,1-3H3/b10-7-,11-8-,19-16-,20-17-,25-23-,26-24-,31-29-,34-33-,37-36-,40-39-,43-42-,45-30-,47-46-,52-50-,59-56-. The number of rotatable bonds is 58. The maximum absolute atomic E-state index is 12.9. The summed E-state index contributed by atoms with van der Waals surface area (Å²) in [5.74, 6) is -0.970. The lowest BCUT2D eigenvalue weighted by Crippen LogP contribution is -2.30. The Labute approximate surface area is 510 Å². The van der Waals surface area contributed by atoms with Crippen molar-refractivity contribution in [1.29, 1.82) is 0 Å². The molecule has 0 aromatic carbocycles. The molecule has 6 nitrogen and oxygen atoms in total. The minimum atomic E-state index is -0.814. The van der Waals surface area contributed by atoms with Gasteiger partial charge in [0.05, 0.1) is 0 Å². The van der Waals surface area contributed by atoms with E-state index in [1.54, 1.807) is 0 Å². The van der Waals surface area contributed by atoms with Crippen molar-refractivity contribution < 1.29 is 28.6 Å². The maximum atomic E-state index is 12.9. The van der Waals surface area contributed by atoms with Gasteiger partial charge in [0, 0.05) is 19.3 Å². The summed E-state index contributed by atoms with van der Waals surface area (Å²) in [5, 5.41) is 0. The van der Waals surface area contributed by atoms with E-state index in [9.17, 15) is 14.4 Å². The predicted octanol–water partition coefficient (Wildman–Crippen LogP) is 23.2. The second kappa shape index (κ2) is 69.0. The molecule has 0 aromatic rings. The maximum Gasteiger partial charge on any atom is 0.306 e. The van der Waals surface area contributed by atoms with E-state index in [4.69, 9.17) is 14.2 Å². The Kier molecular flexibility index (Phi) is 64.4. The van der Waals surface area contributed by atoms with Crippen LogP contribution in [0.25, 0.3) is 0 Å². The number of esters is 3. The predicted molar refractivity (Wildman–Crippen MR) is 361 cm³/mol. The van der Waals surface area contributed by atoms with Gasteiger partial charge in [-0.1, -0.05) is 287 Å². The fourth-order valence-electron chi connectivity index (χ4n) is 8.50. The summed E-state index contributed by atoms with van der Waals surface area (Å²) >= 11 is 0. The van der Waals surface area contributed by atoms with Crippen LogP contribution in [0.3, 0.4) is 0 Å². The van der Waals surface area contributed by atoms with E-state index in [1.165, 1.54) is 64.2 Å². The van der Waals surface area contributed by atoms with E-state index in [-0.39, 0.29) is 37.5 Å². The third-order valence-corrected chi connectivity index (χ3v) is 13.4. The molecule has 83 heavy (non-hydrogen) atoms. The Balaban J connectivity index is 4.30. The lowest BCUT2D eigenvalue weighted by Gasteiger charge is -2.18. The van der Waals surface area contributed by atoms with Gasteiger partial charge in [-0.05, 0) is 141 Å². The van der Waals surface area contributed by atoms with Gasteiger partial charge in [0.2, 0.25) is 0 Å². The molecule has 0 radical (unpaired) electrons. The van der Waals surface area contributed by atoms with Crippen molar-refractivity contribution >= 4 is 17.9 Å². The van der Waals surface area contributed by atoms with Gasteiger partial charge in [0.25, 0.3) is 0 Å². The molecule has 0 N–H and O–H groups in total. The minimum Gasteiger partial charge on any atom is -0.462 e. The zero-order chi connectivity index (χ0) is 59.9. The smallest absolute Gasteiger partial charge is 0.306 e. The highest BCUT2D eigenvalue weighted by atomic mass is 16.6. The molecular weight excluding hydrogens is 1020 g/mol. The van der Waals surface area contributed by atoms with E-state index in [0.717, 1.165) is 154 Å². The third-order valence-electron chi connectivity index (χ3n) is 13.4. The molecule has 0 aliphatic heterocycles. The van der Waals surface area contributed by atoms with Crippen LogP contribution in [-0.4, -0.2) is 37.2 Å². The molecule has 0 fully saturated rings. The number of hydrogen-bond donors (Lipinski definition) is 0. The SMILES string of the molecule is CC/C=C\C/C=C\C/C=C\C/C=C\C/C=C\C/C=C\C/C=C\C/C=C\C/C=C\CCCCCCCCCC(=O)OCC(COC(=O)CCCCCCCCCCC)OC(=O)CCCC/C=C\C/C=C\C/C=C\C/C=C\C/C=C\C/C=C\CC. The van der Waals surface area contributed by atoms with Gasteiger partial charge in [-0.2, -0.15) is 0 Å². The molecule has 0 bridgehead atoms. The first-order valence-corrected chi connectivity index (χ1v) is 33.3. The molecule has 0 aliphatic rings. The molecule has 0 spiro atoms. The molecule has 0 saturated carbocycles. The summed E-state index contributed by atoms with van der Waals surface area (Å²) in [4.78, 5) is 38.2. The summed E-state index contributed by atoms with van der Waals surface area (Å²) in [6.07, 6.45) is 103. The van der Waals surface area contributed by atoms with Crippen molar-refractivity contribution in [2.45, 2.75) is 271 Å². The van der Waals surface area contributed by atoms with E-state index in [1.807, 2.05) is 0 Å². The van der Waals surface area contributed by atoms with Crippen LogP contribution in [0.5, 0.6) is 0 Å². The van der Waals surface area contributed by atoms with Crippen molar-refractivity contribution in [2.75, 3.05) is 13.2 Å². The monoisotopic (exact) mass is 1140 g/mol. The summed E-state index contributed by atoms with van der Waals surface area (Å²) in [7, 11) is 0. The topological polar surface area (TPSA) is 78.9 Å². The van der Waals surface area contributed by atoms with Crippen LogP contribution in [0.15, 0.2) is 182 Å². The van der Waals surface area contributed by atoms with Gasteiger partial charge in [-0.25, -0.2) is 0 Å². The second-order valence-electron chi connectivity index (χ2n) is 21.3. The van der Waals surface area contributed by atoms with Gasteiger partial charge < -0.3 is 14.2 Å². The van der Waals surface area contributed by atoms with Crippen molar-refractivity contribution in [3.8, 4) is 0 Å². The molecule has 0 heterocycles. The molecular formula is C77H120O6. The minimum absolute atomic E-state index is 0.105. The number of ether oxygens (including phenoxy) is 3. The average Bonchev–Trinajstić information content (AvgIpc) is 3.49. The van der Waals surface area contributed by atoms with Gasteiger partial charge in [0.1, 0.15) is 13.2 Å². The third kappa shape index (κ3) is 67.2. The number of carbonyl (C=O) groups excluding carboxylic acids is 3. The van der Waals surface area contributed by atoms with E-state index in [0.29, 0.717) is 19.3 Å². The van der Waals surface area contributed by atoms with Crippen molar-refractivity contribution in [3.05, 3.63) is 182 Å². The van der Waals surface area contributed by atoms with Gasteiger partial charge in [0.15, 0.2) is 6.10 Å². The summed E-state index contributed by atoms with van der Waals surface area (Å²) in [5.41, 5.74) is 0. The molecule has 1 unspecified atom stereocenters. The average molecular weight is 1140 g/mol. The van der Waals surface area contributed by atoms with Crippen LogP contribution < -0.4 is 0 Å². The van der Waals surface area contributed by atoms with Crippen molar-refractivity contribution in [1.82, 2.24) is 0 Å². The van der Waals surface area contributed by atoms with Crippen molar-refractivity contribution in [3.63, 3.8) is 0 Å². The van der Waals surface area contributed by atoms with Crippen LogP contribution >= 0.6 is 0 Å². The molecule has 6 heteroatoms. The molecule has 0 aliphatic carbocycles. The lowest BCUT2D eigenvalue weighted by molar-refractivity contribution is -0.167. The van der Waals surface area contributed by atoms with Crippen molar-refractivity contribution in [2.24, 2.45) is 0 Å². The number of unbranched alkanes of at least 4 members (excludes halogenated alkanes) is 17. The normalized spacial score (nSPS) is 13.3. The fraction of sp³-hybridized carbons (Fsp3) is 0.571. The zero-order valence-electron chi connectivity index (χ0n) is 53.1. The van der Waals surface area contributed by atoms with Crippen LogP contribution in [0, 0.1) is 0 Å². The number of allylic oxidation sites excluding steroid dienone is 30. The van der Waals surface area contributed by atoms with E-state index in [2.05, 4.69) is 203 Å². The first-order chi connectivity index (χ1) is 41.0. The number of carbonyl (C=O) groups is 3. The first-order valence-electron chi connectivity index (χ1n) is 33.3. The Morgan fingerprint density at radius 3 is 0.759 bits per heavy atom.